The molecule has 1 aromatic rings. The SMILES string of the molecule is Clc1ccc(NC2CCOC3(CCSCC3)C2)c(I)c1. The first kappa shape index (κ1) is 15.3. The number of hydrogen-bond donors (Lipinski definition) is 1. The minimum absolute atomic E-state index is 0.138. The Morgan fingerprint density at radius 2 is 2.15 bits per heavy atom. The van der Waals surface area contributed by atoms with Crippen molar-refractivity contribution in [3.8, 4) is 0 Å². The van der Waals surface area contributed by atoms with Crippen LogP contribution in [-0.4, -0.2) is 29.8 Å². The molecule has 0 amide bonds. The van der Waals surface area contributed by atoms with E-state index in [9.17, 15) is 0 Å². The van der Waals surface area contributed by atoms with Crippen molar-refractivity contribution >= 4 is 51.6 Å². The zero-order valence-electron chi connectivity index (χ0n) is 11.3. The molecule has 3 rings (SSSR count). The minimum Gasteiger partial charge on any atom is -0.381 e. The van der Waals surface area contributed by atoms with E-state index in [1.54, 1.807) is 0 Å². The van der Waals surface area contributed by atoms with Crippen LogP contribution in [0.2, 0.25) is 5.02 Å². The Kier molecular flexibility index (Phi) is 5.06. The van der Waals surface area contributed by atoms with Gasteiger partial charge in [0.15, 0.2) is 0 Å². The van der Waals surface area contributed by atoms with Crippen LogP contribution in [0.3, 0.4) is 0 Å². The van der Waals surface area contributed by atoms with Crippen molar-refractivity contribution in [1.82, 2.24) is 0 Å². The molecule has 20 heavy (non-hydrogen) atoms. The molecule has 1 spiro atoms. The number of halogens is 2. The van der Waals surface area contributed by atoms with Gasteiger partial charge in [-0.05, 0) is 78.0 Å². The zero-order valence-corrected chi connectivity index (χ0v) is 15.1. The van der Waals surface area contributed by atoms with Gasteiger partial charge in [-0.3, -0.25) is 0 Å². The molecule has 1 aromatic carbocycles. The fourth-order valence-electron chi connectivity index (χ4n) is 3.07. The molecule has 0 radical (unpaired) electrons. The average molecular weight is 424 g/mol. The molecule has 2 saturated heterocycles. The monoisotopic (exact) mass is 423 g/mol. The van der Waals surface area contributed by atoms with Gasteiger partial charge in [0, 0.05) is 26.9 Å². The van der Waals surface area contributed by atoms with Gasteiger partial charge in [0.25, 0.3) is 0 Å². The van der Waals surface area contributed by atoms with Gasteiger partial charge in [0.2, 0.25) is 0 Å². The predicted molar refractivity (Wildman–Crippen MR) is 96.1 cm³/mol. The van der Waals surface area contributed by atoms with Crippen molar-refractivity contribution in [2.75, 3.05) is 23.4 Å². The molecular formula is C15H19ClINOS. The molecule has 2 fully saturated rings. The molecule has 0 aromatic heterocycles. The maximum atomic E-state index is 6.15. The Hall–Kier alpha value is 0.350. The van der Waals surface area contributed by atoms with Crippen LogP contribution in [-0.2, 0) is 4.74 Å². The summed E-state index contributed by atoms with van der Waals surface area (Å²) in [5.41, 5.74) is 1.33. The van der Waals surface area contributed by atoms with Crippen LogP contribution in [0.25, 0.3) is 0 Å². The lowest BCUT2D eigenvalue weighted by Gasteiger charge is -2.43. The number of anilines is 1. The van der Waals surface area contributed by atoms with Crippen molar-refractivity contribution in [3.05, 3.63) is 26.8 Å². The summed E-state index contributed by atoms with van der Waals surface area (Å²) in [6, 6.07) is 6.57. The number of nitrogens with one attached hydrogen (secondary N) is 1. The highest BCUT2D eigenvalue weighted by molar-refractivity contribution is 14.1. The van der Waals surface area contributed by atoms with E-state index in [0.29, 0.717) is 6.04 Å². The lowest BCUT2D eigenvalue weighted by atomic mass is 9.85. The standard InChI is InChI=1S/C15H19ClINOS/c16-11-1-2-14(13(17)9-11)18-12-3-6-19-15(10-12)4-7-20-8-5-15/h1-2,9,12,18H,3-8,10H2. The molecule has 0 saturated carbocycles. The number of thioether (sulfide) groups is 1. The van der Waals surface area contributed by atoms with Crippen molar-refractivity contribution in [1.29, 1.82) is 0 Å². The maximum absolute atomic E-state index is 6.15. The summed E-state index contributed by atoms with van der Waals surface area (Å²) in [6.07, 6.45) is 4.63. The van der Waals surface area contributed by atoms with E-state index >= 15 is 0 Å². The Morgan fingerprint density at radius 3 is 2.90 bits per heavy atom. The van der Waals surface area contributed by atoms with Crippen molar-refractivity contribution in [3.63, 3.8) is 0 Å². The van der Waals surface area contributed by atoms with Gasteiger partial charge in [0.1, 0.15) is 0 Å². The Morgan fingerprint density at radius 1 is 1.35 bits per heavy atom. The van der Waals surface area contributed by atoms with Gasteiger partial charge in [-0.15, -0.1) is 0 Å². The van der Waals surface area contributed by atoms with Crippen LogP contribution in [0.5, 0.6) is 0 Å². The first-order valence-electron chi connectivity index (χ1n) is 7.10. The highest BCUT2D eigenvalue weighted by Gasteiger charge is 2.38. The Balaban J connectivity index is 1.68. The summed E-state index contributed by atoms with van der Waals surface area (Å²) in [5.74, 6) is 2.48. The highest BCUT2D eigenvalue weighted by Crippen LogP contribution is 2.38. The zero-order chi connectivity index (χ0) is 14.0. The van der Waals surface area contributed by atoms with Crippen molar-refractivity contribution < 1.29 is 4.74 Å². The molecule has 1 N–H and O–H groups in total. The van der Waals surface area contributed by atoms with E-state index in [-0.39, 0.29) is 5.60 Å². The summed E-state index contributed by atoms with van der Waals surface area (Å²) in [5, 5.41) is 4.49. The molecule has 2 aliphatic heterocycles. The second kappa shape index (κ2) is 6.63. The van der Waals surface area contributed by atoms with Crippen molar-refractivity contribution in [2.24, 2.45) is 0 Å². The summed E-state index contributed by atoms with van der Waals surface area (Å²) in [7, 11) is 0. The Labute approximate surface area is 143 Å². The average Bonchev–Trinajstić information content (AvgIpc) is 2.43. The first-order chi connectivity index (χ1) is 9.67. The van der Waals surface area contributed by atoms with E-state index in [4.69, 9.17) is 16.3 Å². The fraction of sp³-hybridized carbons (Fsp3) is 0.600. The summed E-state index contributed by atoms with van der Waals surface area (Å²) >= 11 is 10.4. The first-order valence-corrected chi connectivity index (χ1v) is 9.71. The molecule has 2 aliphatic rings. The van der Waals surface area contributed by atoms with Gasteiger partial charge in [-0.1, -0.05) is 11.6 Å². The van der Waals surface area contributed by atoms with Crippen LogP contribution >= 0.6 is 46.0 Å². The second-order valence-corrected chi connectivity index (χ2v) is 8.43. The molecule has 2 heterocycles. The molecule has 5 heteroatoms. The largest absolute Gasteiger partial charge is 0.381 e. The smallest absolute Gasteiger partial charge is 0.0717 e. The van der Waals surface area contributed by atoms with Crippen LogP contribution in [0.1, 0.15) is 25.7 Å². The Bertz CT molecular complexity index is 473. The van der Waals surface area contributed by atoms with Crippen molar-refractivity contribution in [2.45, 2.75) is 37.3 Å². The maximum Gasteiger partial charge on any atom is 0.0717 e. The van der Waals surface area contributed by atoms with Gasteiger partial charge in [-0.2, -0.15) is 11.8 Å². The van der Waals surface area contributed by atoms with E-state index < -0.39 is 0 Å². The minimum atomic E-state index is 0.138. The third-order valence-corrected chi connectivity index (χ3v) is 6.30. The third kappa shape index (κ3) is 3.57. The lowest BCUT2D eigenvalue weighted by molar-refractivity contribution is -0.0865. The fourth-order valence-corrected chi connectivity index (χ4v) is 5.33. The molecule has 0 aliphatic carbocycles. The molecule has 1 atom stereocenters. The second-order valence-electron chi connectivity index (χ2n) is 5.60. The normalized spacial score (nSPS) is 25.6. The van der Waals surface area contributed by atoms with E-state index in [2.05, 4.69) is 45.7 Å². The third-order valence-electron chi connectivity index (χ3n) is 4.19. The van der Waals surface area contributed by atoms with E-state index in [1.807, 2.05) is 12.1 Å². The van der Waals surface area contributed by atoms with E-state index in [0.717, 1.165) is 24.5 Å². The van der Waals surface area contributed by atoms with Gasteiger partial charge in [-0.25, -0.2) is 0 Å². The van der Waals surface area contributed by atoms with Crippen LogP contribution in [0, 0.1) is 3.57 Å². The summed E-state index contributed by atoms with van der Waals surface area (Å²) < 4.78 is 7.34. The number of hydrogen-bond acceptors (Lipinski definition) is 3. The van der Waals surface area contributed by atoms with Gasteiger partial charge < -0.3 is 10.1 Å². The number of ether oxygens (including phenoxy) is 1. The molecule has 2 nitrogen and oxygen atoms in total. The molecular weight excluding hydrogens is 405 g/mol. The quantitative estimate of drug-likeness (QED) is 0.690. The van der Waals surface area contributed by atoms with E-state index in [1.165, 1.54) is 33.6 Å². The topological polar surface area (TPSA) is 21.3 Å². The number of rotatable bonds is 2. The predicted octanol–water partition coefficient (Wildman–Crippen LogP) is 4.80. The van der Waals surface area contributed by atoms with Crippen LogP contribution in [0.15, 0.2) is 18.2 Å². The summed E-state index contributed by atoms with van der Waals surface area (Å²) in [6.45, 7) is 0.881. The molecule has 1 unspecified atom stereocenters. The summed E-state index contributed by atoms with van der Waals surface area (Å²) in [4.78, 5) is 0. The van der Waals surface area contributed by atoms with Gasteiger partial charge >= 0.3 is 0 Å². The van der Waals surface area contributed by atoms with Crippen LogP contribution < -0.4 is 5.32 Å². The lowest BCUT2D eigenvalue weighted by Crippen LogP contribution is -2.46. The van der Waals surface area contributed by atoms with Gasteiger partial charge in [0.05, 0.1) is 5.60 Å². The number of benzene rings is 1. The molecule has 0 bridgehead atoms. The van der Waals surface area contributed by atoms with Crippen LogP contribution in [0.4, 0.5) is 5.69 Å². The highest BCUT2D eigenvalue weighted by atomic mass is 127. The molecule has 110 valence electrons.